The van der Waals surface area contributed by atoms with Crippen LogP contribution in [0.1, 0.15) is 25.1 Å². The van der Waals surface area contributed by atoms with E-state index in [1.165, 1.54) is 0 Å². The quantitative estimate of drug-likeness (QED) is 0.731. The Kier molecular flexibility index (Phi) is 7.03. The zero-order chi connectivity index (χ0) is 18.2. The Bertz CT molecular complexity index is 638. The molecule has 1 amide bonds. The number of ether oxygens (including phenoxy) is 1. The van der Waals surface area contributed by atoms with Gasteiger partial charge in [-0.05, 0) is 57.4 Å². The van der Waals surface area contributed by atoms with E-state index < -0.39 is 0 Å². The average molecular weight is 345 g/mol. The molecule has 0 saturated heterocycles. The second-order valence-electron chi connectivity index (χ2n) is 6.28. The summed E-state index contributed by atoms with van der Waals surface area (Å²) < 4.78 is 10.6. The SMILES string of the molecule is COc1ccc(NC(=O)CC(C)NCC(c2ccco2)N(C)C)cc1. The summed E-state index contributed by atoms with van der Waals surface area (Å²) in [5.74, 6) is 1.65. The van der Waals surface area contributed by atoms with Crippen molar-refractivity contribution in [3.8, 4) is 5.75 Å². The van der Waals surface area contributed by atoms with Gasteiger partial charge in [0.2, 0.25) is 5.91 Å². The Morgan fingerprint density at radius 3 is 2.52 bits per heavy atom. The van der Waals surface area contributed by atoms with Crippen LogP contribution in [0.3, 0.4) is 0 Å². The van der Waals surface area contributed by atoms with E-state index in [4.69, 9.17) is 9.15 Å². The van der Waals surface area contributed by atoms with Gasteiger partial charge in [0, 0.05) is 24.7 Å². The zero-order valence-corrected chi connectivity index (χ0v) is 15.3. The molecular weight excluding hydrogens is 318 g/mol. The Morgan fingerprint density at radius 2 is 1.96 bits per heavy atom. The summed E-state index contributed by atoms with van der Waals surface area (Å²) in [4.78, 5) is 14.3. The van der Waals surface area contributed by atoms with Crippen molar-refractivity contribution in [2.45, 2.75) is 25.4 Å². The van der Waals surface area contributed by atoms with Crippen LogP contribution in [0, 0.1) is 0 Å². The molecule has 2 unspecified atom stereocenters. The van der Waals surface area contributed by atoms with Gasteiger partial charge in [-0.25, -0.2) is 0 Å². The fourth-order valence-corrected chi connectivity index (χ4v) is 2.57. The second kappa shape index (κ2) is 9.25. The number of anilines is 1. The number of amides is 1. The first-order chi connectivity index (χ1) is 12.0. The Balaban J connectivity index is 1.80. The molecule has 0 aliphatic carbocycles. The van der Waals surface area contributed by atoms with Crippen LogP contribution >= 0.6 is 0 Å². The molecule has 2 aromatic rings. The minimum atomic E-state index is -0.0235. The summed E-state index contributed by atoms with van der Waals surface area (Å²) in [6.07, 6.45) is 2.07. The minimum Gasteiger partial charge on any atom is -0.497 e. The lowest BCUT2D eigenvalue weighted by Gasteiger charge is -2.24. The third kappa shape index (κ3) is 5.92. The van der Waals surface area contributed by atoms with Crippen molar-refractivity contribution in [3.63, 3.8) is 0 Å². The maximum Gasteiger partial charge on any atom is 0.225 e. The molecule has 0 bridgehead atoms. The van der Waals surface area contributed by atoms with Crippen LogP contribution in [0.5, 0.6) is 5.75 Å². The van der Waals surface area contributed by atoms with Crippen molar-refractivity contribution < 1.29 is 13.9 Å². The molecular formula is C19H27N3O3. The van der Waals surface area contributed by atoms with E-state index in [9.17, 15) is 4.79 Å². The number of likely N-dealkylation sites (N-methyl/N-ethyl adjacent to an activating group) is 1. The predicted octanol–water partition coefficient (Wildman–Crippen LogP) is 2.90. The van der Waals surface area contributed by atoms with E-state index in [1.54, 1.807) is 13.4 Å². The van der Waals surface area contributed by atoms with E-state index in [2.05, 4.69) is 15.5 Å². The molecule has 1 aromatic carbocycles. The number of nitrogens with zero attached hydrogens (tertiary/aromatic N) is 1. The monoisotopic (exact) mass is 345 g/mol. The highest BCUT2D eigenvalue weighted by Crippen LogP contribution is 2.18. The summed E-state index contributed by atoms with van der Waals surface area (Å²) in [5.41, 5.74) is 0.764. The van der Waals surface area contributed by atoms with E-state index in [-0.39, 0.29) is 18.0 Å². The lowest BCUT2D eigenvalue weighted by atomic mass is 10.1. The molecule has 1 aromatic heterocycles. The second-order valence-corrected chi connectivity index (χ2v) is 6.28. The summed E-state index contributed by atoms with van der Waals surface area (Å²) >= 11 is 0. The number of carbonyl (C=O) groups is 1. The van der Waals surface area contributed by atoms with Crippen LogP contribution in [0.25, 0.3) is 0 Å². The van der Waals surface area contributed by atoms with Gasteiger partial charge in [0.05, 0.1) is 19.4 Å². The number of carbonyl (C=O) groups excluding carboxylic acids is 1. The van der Waals surface area contributed by atoms with Gasteiger partial charge in [-0.2, -0.15) is 0 Å². The molecule has 1 heterocycles. The molecule has 136 valence electrons. The molecule has 0 saturated carbocycles. The normalized spacial score (nSPS) is 13.5. The van der Waals surface area contributed by atoms with E-state index in [0.717, 1.165) is 17.2 Å². The van der Waals surface area contributed by atoms with E-state index >= 15 is 0 Å². The lowest BCUT2D eigenvalue weighted by Crippen LogP contribution is -2.37. The van der Waals surface area contributed by atoms with Gasteiger partial charge in [-0.1, -0.05) is 0 Å². The van der Waals surface area contributed by atoms with Crippen molar-refractivity contribution in [2.75, 3.05) is 33.1 Å². The van der Waals surface area contributed by atoms with Crippen LogP contribution in [0.2, 0.25) is 0 Å². The lowest BCUT2D eigenvalue weighted by molar-refractivity contribution is -0.116. The third-order valence-electron chi connectivity index (χ3n) is 4.02. The molecule has 2 atom stereocenters. The predicted molar refractivity (Wildman–Crippen MR) is 98.8 cm³/mol. The van der Waals surface area contributed by atoms with Gasteiger partial charge in [-0.3, -0.25) is 9.69 Å². The third-order valence-corrected chi connectivity index (χ3v) is 4.02. The zero-order valence-electron chi connectivity index (χ0n) is 15.3. The Labute approximate surface area is 149 Å². The molecule has 0 aliphatic rings. The minimum absolute atomic E-state index is 0.0235. The molecule has 0 aliphatic heterocycles. The van der Waals surface area contributed by atoms with Crippen LogP contribution in [0.4, 0.5) is 5.69 Å². The number of hydrogen-bond donors (Lipinski definition) is 2. The highest BCUT2D eigenvalue weighted by Gasteiger charge is 2.18. The number of hydrogen-bond acceptors (Lipinski definition) is 5. The Hall–Kier alpha value is -2.31. The number of furan rings is 1. The van der Waals surface area contributed by atoms with Crippen molar-refractivity contribution in [1.82, 2.24) is 10.2 Å². The topological polar surface area (TPSA) is 66.7 Å². The largest absolute Gasteiger partial charge is 0.497 e. The van der Waals surface area contributed by atoms with Gasteiger partial charge in [0.1, 0.15) is 11.5 Å². The van der Waals surface area contributed by atoms with Gasteiger partial charge in [0.15, 0.2) is 0 Å². The molecule has 0 fully saturated rings. The van der Waals surface area contributed by atoms with E-state index in [1.807, 2.05) is 57.4 Å². The molecule has 2 rings (SSSR count). The fourth-order valence-electron chi connectivity index (χ4n) is 2.57. The summed E-state index contributed by atoms with van der Waals surface area (Å²) in [5, 5.41) is 6.30. The van der Waals surface area contributed by atoms with Crippen LogP contribution in [-0.4, -0.2) is 44.6 Å². The van der Waals surface area contributed by atoms with Crippen molar-refractivity contribution in [1.29, 1.82) is 0 Å². The van der Waals surface area contributed by atoms with Crippen LogP contribution in [0.15, 0.2) is 47.1 Å². The van der Waals surface area contributed by atoms with Crippen LogP contribution in [-0.2, 0) is 4.79 Å². The van der Waals surface area contributed by atoms with Crippen LogP contribution < -0.4 is 15.4 Å². The Morgan fingerprint density at radius 1 is 1.24 bits per heavy atom. The molecule has 0 radical (unpaired) electrons. The first-order valence-corrected chi connectivity index (χ1v) is 8.36. The highest BCUT2D eigenvalue weighted by molar-refractivity contribution is 5.91. The average Bonchev–Trinajstić information content (AvgIpc) is 3.09. The number of nitrogens with one attached hydrogen (secondary N) is 2. The van der Waals surface area contributed by atoms with Gasteiger partial charge < -0.3 is 19.8 Å². The number of methoxy groups -OCH3 is 1. The highest BCUT2D eigenvalue weighted by atomic mass is 16.5. The first kappa shape index (κ1) is 19.0. The number of rotatable bonds is 9. The molecule has 6 heteroatoms. The summed E-state index contributed by atoms with van der Waals surface area (Å²) in [6, 6.07) is 11.3. The number of benzene rings is 1. The first-order valence-electron chi connectivity index (χ1n) is 8.36. The standard InChI is InChI=1S/C19H27N3O3/c1-14(20-13-17(22(2)3)18-6-5-11-25-18)12-19(23)21-15-7-9-16(24-4)10-8-15/h5-11,14,17,20H,12-13H2,1-4H3,(H,21,23). The maximum atomic E-state index is 12.2. The summed E-state index contributed by atoms with van der Waals surface area (Å²) in [6.45, 7) is 2.71. The molecule has 2 N–H and O–H groups in total. The molecule has 6 nitrogen and oxygen atoms in total. The van der Waals surface area contributed by atoms with E-state index in [0.29, 0.717) is 13.0 Å². The van der Waals surface area contributed by atoms with Crippen molar-refractivity contribution in [3.05, 3.63) is 48.4 Å². The molecule has 0 spiro atoms. The maximum absolute atomic E-state index is 12.2. The smallest absolute Gasteiger partial charge is 0.225 e. The molecule has 25 heavy (non-hydrogen) atoms. The van der Waals surface area contributed by atoms with Crippen molar-refractivity contribution in [2.24, 2.45) is 0 Å². The van der Waals surface area contributed by atoms with Crippen molar-refractivity contribution >= 4 is 11.6 Å². The summed E-state index contributed by atoms with van der Waals surface area (Å²) in [7, 11) is 5.64. The fraction of sp³-hybridized carbons (Fsp3) is 0.421. The van der Waals surface area contributed by atoms with Gasteiger partial charge in [-0.15, -0.1) is 0 Å². The van der Waals surface area contributed by atoms with Gasteiger partial charge >= 0.3 is 0 Å². The van der Waals surface area contributed by atoms with Gasteiger partial charge in [0.25, 0.3) is 0 Å².